The fourth-order valence-electron chi connectivity index (χ4n) is 12.5. The number of fused-ring (bicyclic) bond motifs is 16. The van der Waals surface area contributed by atoms with Gasteiger partial charge in [-0.3, -0.25) is 0 Å². The van der Waals surface area contributed by atoms with E-state index in [1.165, 1.54) is 56.7 Å². The lowest BCUT2D eigenvalue weighted by atomic mass is 9.33. The van der Waals surface area contributed by atoms with Crippen molar-refractivity contribution in [3.8, 4) is 22.3 Å². The van der Waals surface area contributed by atoms with Gasteiger partial charge in [-0.25, -0.2) is 0 Å². The molecular formula is C66H37BN2O2S2. The molecule has 7 heteroatoms. The second-order valence-corrected chi connectivity index (χ2v) is 21.6. The third-order valence-electron chi connectivity index (χ3n) is 15.6. The number of rotatable bonds is 4. The first-order valence-electron chi connectivity index (χ1n) is 24.8. The highest BCUT2D eigenvalue weighted by molar-refractivity contribution is 7.26. The maximum atomic E-state index is 7.17. The van der Waals surface area contributed by atoms with Gasteiger partial charge in [0.05, 0.1) is 11.4 Å². The summed E-state index contributed by atoms with van der Waals surface area (Å²) in [4.78, 5) is 5.12. The highest BCUT2D eigenvalue weighted by atomic mass is 32.1. The SMILES string of the molecule is c1ccc(-c2ccc3c(oc4ccccc43)c2N2c3cc4sc5ccccc5c4cc3B3c4cc5c(cc4N(c4c(-c6ccccc6)ccc6c4oc4ccccc46)c4cccc2c43)sc2ccccc25)cc1. The Morgan fingerprint density at radius 1 is 0.315 bits per heavy atom. The molecule has 2 aliphatic rings. The highest BCUT2D eigenvalue weighted by Crippen LogP contribution is 2.54. The first-order chi connectivity index (χ1) is 36.2. The Bertz CT molecular complexity index is 4540. The van der Waals surface area contributed by atoms with Crippen molar-refractivity contribution in [1.82, 2.24) is 0 Å². The molecule has 73 heavy (non-hydrogen) atoms. The number of nitrogens with zero attached hydrogens (tertiary/aromatic N) is 2. The van der Waals surface area contributed by atoms with Gasteiger partial charge in [-0.1, -0.05) is 164 Å². The average Bonchev–Trinajstić information content (AvgIpc) is 4.25. The number of hydrogen-bond acceptors (Lipinski definition) is 6. The minimum atomic E-state index is -0.139. The maximum Gasteiger partial charge on any atom is 0.252 e. The molecule has 0 unspecified atom stereocenters. The molecule has 2 aliphatic heterocycles. The fraction of sp³-hybridized carbons (Fsp3) is 0. The summed E-state index contributed by atoms with van der Waals surface area (Å²) in [7, 11) is 0. The molecule has 0 bridgehead atoms. The van der Waals surface area contributed by atoms with Crippen molar-refractivity contribution in [3.63, 3.8) is 0 Å². The Morgan fingerprint density at radius 2 is 0.740 bits per heavy atom. The molecule has 15 aromatic rings. The zero-order valence-electron chi connectivity index (χ0n) is 39.0. The molecule has 0 atom stereocenters. The number of hydrogen-bond donors (Lipinski definition) is 0. The van der Waals surface area contributed by atoms with E-state index in [1.54, 1.807) is 0 Å². The molecule has 0 radical (unpaired) electrons. The molecule has 0 N–H and O–H groups in total. The molecule has 338 valence electrons. The Morgan fingerprint density at radius 3 is 1.22 bits per heavy atom. The minimum Gasteiger partial charge on any atom is -0.454 e. The monoisotopic (exact) mass is 964 g/mol. The number of furan rings is 2. The van der Waals surface area contributed by atoms with Crippen LogP contribution in [0.2, 0.25) is 0 Å². The second kappa shape index (κ2) is 14.8. The van der Waals surface area contributed by atoms with Gasteiger partial charge in [0.2, 0.25) is 0 Å². The standard InChI is InChI=1S/C66H37BN2O2S2/c1-3-16-38(17-4-1)40-30-32-46-42-20-7-11-26-56(42)70-65(46)63(40)68-52-24-15-25-53-62(52)67(50-34-48-44-22-9-13-28-58(44)72-60(48)36-54(50)68)51-35-49-45-23-10-14-29-59(45)73-61(49)37-55(51)69(53)64-41(39-18-5-2-6-19-39)31-33-47-43-21-8-12-27-57(43)71-66(47)64/h1-37H. The van der Waals surface area contributed by atoms with Crippen LogP contribution in [-0.4, -0.2) is 6.71 Å². The van der Waals surface area contributed by atoms with Crippen LogP contribution >= 0.6 is 22.7 Å². The van der Waals surface area contributed by atoms with Gasteiger partial charge in [0, 0.05) is 85.0 Å². The van der Waals surface area contributed by atoms with E-state index < -0.39 is 0 Å². The molecule has 11 aromatic carbocycles. The fourth-order valence-corrected chi connectivity index (χ4v) is 14.8. The van der Waals surface area contributed by atoms with Crippen LogP contribution < -0.4 is 26.2 Å². The third-order valence-corrected chi connectivity index (χ3v) is 17.9. The van der Waals surface area contributed by atoms with Crippen LogP contribution in [0.5, 0.6) is 0 Å². The van der Waals surface area contributed by atoms with Crippen LogP contribution in [-0.2, 0) is 0 Å². The number of anilines is 6. The average molecular weight is 965 g/mol. The van der Waals surface area contributed by atoms with E-state index in [0.29, 0.717) is 0 Å². The van der Waals surface area contributed by atoms with E-state index in [-0.39, 0.29) is 6.71 Å². The summed E-state index contributed by atoms with van der Waals surface area (Å²) < 4.78 is 19.4. The van der Waals surface area contributed by atoms with Crippen molar-refractivity contribution in [3.05, 3.63) is 224 Å². The van der Waals surface area contributed by atoms with Crippen LogP contribution in [0.4, 0.5) is 34.1 Å². The summed E-state index contributed by atoms with van der Waals surface area (Å²) in [5.74, 6) is 0. The summed E-state index contributed by atoms with van der Waals surface area (Å²) in [5.41, 5.74) is 18.2. The molecule has 0 saturated heterocycles. The lowest BCUT2D eigenvalue weighted by molar-refractivity contribution is 0.669. The van der Waals surface area contributed by atoms with Crippen LogP contribution in [0.1, 0.15) is 0 Å². The minimum absolute atomic E-state index is 0.139. The summed E-state index contributed by atoms with van der Waals surface area (Å²) in [6, 6.07) is 82.5. The summed E-state index contributed by atoms with van der Waals surface area (Å²) in [6.07, 6.45) is 0. The van der Waals surface area contributed by atoms with Crippen LogP contribution in [0.25, 0.3) is 106 Å². The lowest BCUT2D eigenvalue weighted by Crippen LogP contribution is -2.61. The first kappa shape index (κ1) is 39.8. The molecule has 4 nitrogen and oxygen atoms in total. The molecule has 0 fully saturated rings. The van der Waals surface area contributed by atoms with Gasteiger partial charge in [0.15, 0.2) is 11.2 Å². The van der Waals surface area contributed by atoms with Crippen molar-refractivity contribution in [2.75, 3.05) is 9.80 Å². The molecular weight excluding hydrogens is 928 g/mol. The third kappa shape index (κ3) is 5.50. The molecule has 0 saturated carbocycles. The van der Waals surface area contributed by atoms with E-state index in [0.717, 1.165) is 100 Å². The Kier molecular flexibility index (Phi) is 8.09. The van der Waals surface area contributed by atoms with Gasteiger partial charge in [-0.05, 0) is 99.0 Å². The molecule has 0 amide bonds. The summed E-state index contributed by atoms with van der Waals surface area (Å²) in [5, 5.41) is 9.48. The van der Waals surface area contributed by atoms with Crippen LogP contribution in [0.15, 0.2) is 233 Å². The van der Waals surface area contributed by atoms with E-state index in [4.69, 9.17) is 8.83 Å². The normalized spacial score (nSPS) is 13.1. The lowest BCUT2D eigenvalue weighted by Gasteiger charge is -2.44. The zero-order chi connectivity index (χ0) is 47.5. The number of benzene rings is 11. The number of para-hydroxylation sites is 2. The van der Waals surface area contributed by atoms with Crippen LogP contribution in [0.3, 0.4) is 0 Å². The van der Waals surface area contributed by atoms with Gasteiger partial charge in [-0.2, -0.15) is 0 Å². The zero-order valence-corrected chi connectivity index (χ0v) is 40.6. The van der Waals surface area contributed by atoms with E-state index in [9.17, 15) is 0 Å². The number of thiophene rings is 2. The van der Waals surface area contributed by atoms with Gasteiger partial charge >= 0.3 is 0 Å². The molecule has 0 aliphatic carbocycles. The topological polar surface area (TPSA) is 32.8 Å². The molecule has 4 aromatic heterocycles. The van der Waals surface area contributed by atoms with E-state index in [2.05, 4.69) is 234 Å². The van der Waals surface area contributed by atoms with Crippen molar-refractivity contribution in [2.24, 2.45) is 0 Å². The Hall–Kier alpha value is -8.88. The first-order valence-corrected chi connectivity index (χ1v) is 26.5. The maximum absolute atomic E-state index is 7.17. The predicted octanol–water partition coefficient (Wildman–Crippen LogP) is 17.6. The van der Waals surface area contributed by atoms with Crippen molar-refractivity contribution in [1.29, 1.82) is 0 Å². The molecule has 6 heterocycles. The summed E-state index contributed by atoms with van der Waals surface area (Å²) in [6.45, 7) is -0.139. The van der Waals surface area contributed by atoms with Crippen molar-refractivity contribution < 1.29 is 8.83 Å². The van der Waals surface area contributed by atoms with Crippen molar-refractivity contribution in [2.45, 2.75) is 0 Å². The van der Waals surface area contributed by atoms with Crippen LogP contribution in [0, 0.1) is 0 Å². The van der Waals surface area contributed by atoms with Gasteiger partial charge < -0.3 is 18.6 Å². The Balaban J connectivity index is 1.06. The van der Waals surface area contributed by atoms with Gasteiger partial charge in [-0.15, -0.1) is 22.7 Å². The van der Waals surface area contributed by atoms with Gasteiger partial charge in [0.25, 0.3) is 6.71 Å². The smallest absolute Gasteiger partial charge is 0.252 e. The van der Waals surface area contributed by atoms with E-state index in [1.807, 2.05) is 22.7 Å². The molecule has 0 spiro atoms. The van der Waals surface area contributed by atoms with E-state index >= 15 is 0 Å². The molecule has 17 rings (SSSR count). The van der Waals surface area contributed by atoms with Crippen molar-refractivity contribution >= 4 is 164 Å². The highest BCUT2D eigenvalue weighted by Gasteiger charge is 2.46. The summed E-state index contributed by atoms with van der Waals surface area (Å²) >= 11 is 3.74. The van der Waals surface area contributed by atoms with Gasteiger partial charge in [0.1, 0.15) is 11.2 Å². The largest absolute Gasteiger partial charge is 0.454 e. The quantitative estimate of drug-likeness (QED) is 0.165. The Labute approximate surface area is 426 Å². The second-order valence-electron chi connectivity index (χ2n) is 19.4. The predicted molar refractivity (Wildman–Crippen MR) is 312 cm³/mol.